The van der Waals surface area contributed by atoms with Crippen LogP contribution < -0.4 is 0 Å². The van der Waals surface area contributed by atoms with Gasteiger partial charge in [0.15, 0.2) is 5.78 Å². The molecule has 0 saturated carbocycles. The topological polar surface area (TPSA) is 43.4 Å². The second-order valence-electron chi connectivity index (χ2n) is 4.28. The molecule has 0 N–H and O–H groups in total. The van der Waals surface area contributed by atoms with Crippen molar-refractivity contribution < 1.29 is 14.3 Å². The summed E-state index contributed by atoms with van der Waals surface area (Å²) in [6.07, 6.45) is 0.330. The van der Waals surface area contributed by atoms with E-state index in [9.17, 15) is 9.59 Å². The van der Waals surface area contributed by atoms with Gasteiger partial charge >= 0.3 is 5.97 Å². The van der Waals surface area contributed by atoms with Gasteiger partial charge in [-0.3, -0.25) is 9.59 Å². The Morgan fingerprint density at radius 2 is 1.85 bits per heavy atom. The number of thiophene rings is 1. The van der Waals surface area contributed by atoms with Crippen LogP contribution in [-0.4, -0.2) is 18.4 Å². The lowest BCUT2D eigenvalue weighted by Crippen LogP contribution is -2.07. The number of carbonyl (C=O) groups is 2. The van der Waals surface area contributed by atoms with Gasteiger partial charge in [0.1, 0.15) is 0 Å². The van der Waals surface area contributed by atoms with E-state index >= 15 is 0 Å². The van der Waals surface area contributed by atoms with E-state index in [1.165, 1.54) is 4.88 Å². The van der Waals surface area contributed by atoms with Crippen LogP contribution in [0.2, 0.25) is 0 Å². The highest BCUT2D eigenvalue weighted by atomic mass is 32.1. The summed E-state index contributed by atoms with van der Waals surface area (Å²) in [5.74, 6) is -0.355. The fraction of sp³-hybridized carbons (Fsp3) is 0.250. The maximum Gasteiger partial charge on any atom is 0.306 e. The van der Waals surface area contributed by atoms with Crippen molar-refractivity contribution in [2.75, 3.05) is 6.61 Å². The first kappa shape index (κ1) is 14.5. The molecule has 0 fully saturated rings. The second-order valence-corrected chi connectivity index (χ2v) is 5.23. The summed E-state index contributed by atoms with van der Waals surface area (Å²) < 4.78 is 4.81. The molecule has 0 saturated heterocycles. The molecule has 2 aromatic rings. The molecular formula is C16H16O3S. The number of Topliss-reactive ketones (excluding diaryl/α,β-unsaturated/α-hetero) is 1. The largest absolute Gasteiger partial charge is 0.466 e. The number of carbonyl (C=O) groups excluding carboxylic acids is 2. The molecule has 104 valence electrons. The Balaban J connectivity index is 1.96. The summed E-state index contributed by atoms with van der Waals surface area (Å²) in [6.45, 7) is 2.10. The van der Waals surface area contributed by atoms with E-state index in [1.54, 1.807) is 18.3 Å². The predicted molar refractivity (Wildman–Crippen MR) is 80.0 cm³/mol. The van der Waals surface area contributed by atoms with Gasteiger partial charge in [-0.25, -0.2) is 0 Å². The predicted octanol–water partition coefficient (Wildman–Crippen LogP) is 3.94. The van der Waals surface area contributed by atoms with Gasteiger partial charge in [0.05, 0.1) is 13.0 Å². The Labute approximate surface area is 122 Å². The van der Waals surface area contributed by atoms with E-state index in [4.69, 9.17) is 4.74 Å². The van der Waals surface area contributed by atoms with E-state index in [-0.39, 0.29) is 24.6 Å². The van der Waals surface area contributed by atoms with Crippen molar-refractivity contribution >= 4 is 23.1 Å². The van der Waals surface area contributed by atoms with E-state index in [0.29, 0.717) is 12.2 Å². The number of rotatable bonds is 6. The molecule has 4 heteroatoms. The molecule has 0 aliphatic heterocycles. The van der Waals surface area contributed by atoms with Gasteiger partial charge in [-0.1, -0.05) is 30.3 Å². The molecule has 0 radical (unpaired) electrons. The highest BCUT2D eigenvalue weighted by Gasteiger charge is 2.10. The number of hydrogen-bond acceptors (Lipinski definition) is 4. The summed E-state index contributed by atoms with van der Waals surface area (Å²) in [6, 6.07) is 11.5. The Bertz CT molecular complexity index is 570. The zero-order valence-electron chi connectivity index (χ0n) is 11.3. The molecule has 20 heavy (non-hydrogen) atoms. The van der Waals surface area contributed by atoms with Crippen molar-refractivity contribution in [1.29, 1.82) is 0 Å². The molecule has 0 aliphatic rings. The number of ether oxygens (including phenoxy) is 1. The fourth-order valence-electron chi connectivity index (χ4n) is 1.86. The lowest BCUT2D eigenvalue weighted by atomic mass is 10.0. The molecule has 0 spiro atoms. The van der Waals surface area contributed by atoms with Crippen LogP contribution in [0, 0.1) is 0 Å². The third kappa shape index (κ3) is 3.78. The summed E-state index contributed by atoms with van der Waals surface area (Å²) in [7, 11) is 0. The Morgan fingerprint density at radius 1 is 1.10 bits per heavy atom. The number of benzene rings is 1. The molecule has 0 atom stereocenters. The SMILES string of the molecule is CCOC(=O)CCC(=O)c1ccc(-c2cccs2)cc1. The average molecular weight is 288 g/mol. The lowest BCUT2D eigenvalue weighted by Gasteiger charge is -2.03. The molecule has 0 amide bonds. The maximum atomic E-state index is 11.9. The summed E-state index contributed by atoms with van der Waals surface area (Å²) >= 11 is 1.66. The van der Waals surface area contributed by atoms with Crippen LogP contribution in [0.4, 0.5) is 0 Å². The third-order valence-corrected chi connectivity index (χ3v) is 3.79. The van der Waals surface area contributed by atoms with Gasteiger partial charge in [-0.05, 0) is 23.9 Å². The first-order valence-corrected chi connectivity index (χ1v) is 7.41. The molecule has 1 aromatic carbocycles. The maximum absolute atomic E-state index is 11.9. The quantitative estimate of drug-likeness (QED) is 0.597. The summed E-state index contributed by atoms with van der Waals surface area (Å²) in [4.78, 5) is 24.3. The normalized spacial score (nSPS) is 10.2. The standard InChI is InChI=1S/C16H16O3S/c1-2-19-16(18)10-9-14(17)12-5-7-13(8-6-12)15-4-3-11-20-15/h3-8,11H,2,9-10H2,1H3. The van der Waals surface area contributed by atoms with Gasteiger partial charge in [0, 0.05) is 16.9 Å². The average Bonchev–Trinajstić information content (AvgIpc) is 2.99. The minimum Gasteiger partial charge on any atom is -0.466 e. The van der Waals surface area contributed by atoms with Crippen LogP contribution in [0.15, 0.2) is 41.8 Å². The van der Waals surface area contributed by atoms with Crippen molar-refractivity contribution in [3.05, 3.63) is 47.3 Å². The van der Waals surface area contributed by atoms with Crippen LogP contribution in [0.3, 0.4) is 0 Å². The highest BCUT2D eigenvalue weighted by Crippen LogP contribution is 2.24. The van der Waals surface area contributed by atoms with Crippen LogP contribution >= 0.6 is 11.3 Å². The Morgan fingerprint density at radius 3 is 2.45 bits per heavy atom. The Hall–Kier alpha value is -1.94. The molecule has 0 bridgehead atoms. The molecule has 2 rings (SSSR count). The minimum atomic E-state index is -0.323. The van der Waals surface area contributed by atoms with Gasteiger partial charge in [0.25, 0.3) is 0 Å². The van der Waals surface area contributed by atoms with Crippen LogP contribution in [0.1, 0.15) is 30.1 Å². The monoisotopic (exact) mass is 288 g/mol. The molecule has 3 nitrogen and oxygen atoms in total. The van der Waals surface area contributed by atoms with Crippen molar-refractivity contribution in [3.8, 4) is 10.4 Å². The van der Waals surface area contributed by atoms with E-state index in [2.05, 4.69) is 0 Å². The van der Waals surface area contributed by atoms with Crippen molar-refractivity contribution in [3.63, 3.8) is 0 Å². The first-order valence-electron chi connectivity index (χ1n) is 6.53. The van der Waals surface area contributed by atoms with E-state index in [0.717, 1.165) is 5.56 Å². The molecule has 1 aromatic heterocycles. The van der Waals surface area contributed by atoms with Crippen molar-refractivity contribution in [2.24, 2.45) is 0 Å². The first-order chi connectivity index (χ1) is 9.70. The van der Waals surface area contributed by atoms with E-state index in [1.807, 2.05) is 41.8 Å². The fourth-order valence-corrected chi connectivity index (χ4v) is 2.59. The van der Waals surface area contributed by atoms with Crippen LogP contribution in [0.5, 0.6) is 0 Å². The van der Waals surface area contributed by atoms with Crippen LogP contribution in [0.25, 0.3) is 10.4 Å². The van der Waals surface area contributed by atoms with Crippen molar-refractivity contribution in [2.45, 2.75) is 19.8 Å². The third-order valence-electron chi connectivity index (χ3n) is 2.87. The highest BCUT2D eigenvalue weighted by molar-refractivity contribution is 7.13. The van der Waals surface area contributed by atoms with E-state index < -0.39 is 0 Å². The number of hydrogen-bond donors (Lipinski definition) is 0. The number of ketones is 1. The molecule has 0 aliphatic carbocycles. The minimum absolute atomic E-state index is 0.0317. The molecule has 0 unspecified atom stereocenters. The summed E-state index contributed by atoms with van der Waals surface area (Å²) in [5.41, 5.74) is 1.73. The zero-order chi connectivity index (χ0) is 14.4. The van der Waals surface area contributed by atoms with Crippen molar-refractivity contribution in [1.82, 2.24) is 0 Å². The summed E-state index contributed by atoms with van der Waals surface area (Å²) in [5, 5.41) is 2.02. The molecule has 1 heterocycles. The van der Waals surface area contributed by atoms with Crippen LogP contribution in [-0.2, 0) is 9.53 Å². The Kier molecular flexibility index (Phi) is 5.07. The van der Waals surface area contributed by atoms with Gasteiger partial charge in [-0.2, -0.15) is 0 Å². The number of esters is 1. The smallest absolute Gasteiger partial charge is 0.306 e. The molecular weight excluding hydrogens is 272 g/mol. The lowest BCUT2D eigenvalue weighted by molar-refractivity contribution is -0.143. The van der Waals surface area contributed by atoms with Gasteiger partial charge in [-0.15, -0.1) is 11.3 Å². The van der Waals surface area contributed by atoms with Gasteiger partial charge in [0.2, 0.25) is 0 Å². The van der Waals surface area contributed by atoms with Gasteiger partial charge < -0.3 is 4.74 Å². The zero-order valence-corrected chi connectivity index (χ0v) is 12.1. The second kappa shape index (κ2) is 7.01.